The lowest BCUT2D eigenvalue weighted by Crippen LogP contribution is -2.31. The Morgan fingerprint density at radius 1 is 0.252 bits per heavy atom. The van der Waals surface area contributed by atoms with E-state index in [9.17, 15) is 0 Å². The minimum Gasteiger partial charge on any atom is -0.255 e. The van der Waals surface area contributed by atoms with Crippen molar-refractivity contribution in [1.29, 1.82) is 0 Å². The molecule has 0 bridgehead atoms. The molecule has 26 rings (SSSR count). The van der Waals surface area contributed by atoms with Crippen LogP contribution >= 0.6 is 56.7 Å². The Morgan fingerprint density at radius 3 is 1.09 bits per heavy atom. The molecule has 0 radical (unpaired) electrons. The van der Waals surface area contributed by atoms with Crippen molar-refractivity contribution in [3.8, 4) is 67.4 Å². The number of hydrogen-bond donors (Lipinski definition) is 0. The molecule has 0 aliphatic carbocycles. The molecule has 0 atom stereocenters. The standard InChI is InChI=1S/C29H22NS.C24H21N2S.C23H19N2S.C23H18NS.C22H17N2S.5CH4/c1-19-8-6-7-11-23(19)28-27-24-15-14-21-12-13-22(20-9-4-3-5-10-20)18-25(21)29(24)31-26(27)16-17-30(28)2;1-14-9-10-18(15(2)11-14)22-21-19-12-17-7-5-6-8-20(17)25-24(19)27-23(21)16(3)13-26(22)4;1-14-6-8-17(15(2)13-14)22-20-18-9-7-16-5-4-11-24-21(16)23(18)26-19(20)10-12-25(22)3;1-15-7-3-5-9-17(15)22-21-19-12-11-16-8-4-6-10-18(16)23(19)25-20(21)13-14-24(22)2;1-14-6-3-4-8-16(14)21-19-17-10-9-15-7-5-12-23-20(15)22(17)25-18(19)11-13-24(21)2;;;;;/h3-18H,1-2H3;5-13H,1-4H3;4-13H,1-3H3;3-14H,1-2H3;3-13H,1-2H3;5*1H4/q5*+1;;;;;/i;1D3,3D3;1D3;;;;;;;. The molecule has 0 N–H and O–H groups in total. The second-order valence-corrected chi connectivity index (χ2v) is 40.0. The van der Waals surface area contributed by atoms with Gasteiger partial charge in [0.15, 0.2) is 31.0 Å². The van der Waals surface area contributed by atoms with Gasteiger partial charge in [0.1, 0.15) is 40.1 Å². The van der Waals surface area contributed by atoms with E-state index in [2.05, 4.69) is 332 Å². The molecule has 0 spiro atoms. The lowest BCUT2D eigenvalue weighted by molar-refractivity contribution is -0.659. The van der Waals surface area contributed by atoms with Gasteiger partial charge in [-0.05, 0) is 171 Å². The number of rotatable bonds is 6. The Hall–Kier alpha value is -14.5. The lowest BCUT2D eigenvalue weighted by atomic mass is 9.97. The Kier molecular flexibility index (Phi) is 24.1. The van der Waals surface area contributed by atoms with Crippen LogP contribution in [-0.2, 0) is 35.2 Å². The third-order valence-electron chi connectivity index (χ3n) is 26.2. The summed E-state index contributed by atoms with van der Waals surface area (Å²) in [6.45, 7) is 3.86. The first kappa shape index (κ1) is 84.9. The number of pyridine rings is 8. The van der Waals surface area contributed by atoms with E-state index in [0.29, 0.717) is 10.3 Å². The molecule has 8 nitrogen and oxygen atoms in total. The molecule has 26 aromatic rings. The Balaban J connectivity index is 0.000000126. The summed E-state index contributed by atoms with van der Waals surface area (Å²) < 4.78 is 92.5. The molecule has 13 heteroatoms. The highest BCUT2D eigenvalue weighted by atomic mass is 32.1. The van der Waals surface area contributed by atoms with Gasteiger partial charge in [0.05, 0.1) is 57.6 Å². The molecule has 13 heterocycles. The summed E-state index contributed by atoms with van der Waals surface area (Å²) in [5, 5.41) is 20.7. The summed E-state index contributed by atoms with van der Waals surface area (Å²) in [5.41, 5.74) is 23.7. The fourth-order valence-electron chi connectivity index (χ4n) is 19.7. The molecule has 139 heavy (non-hydrogen) atoms. The molecule has 0 fully saturated rings. The highest BCUT2D eigenvalue weighted by Crippen LogP contribution is 2.49. The average molecular weight is 1910 g/mol. The van der Waals surface area contributed by atoms with Gasteiger partial charge in [0.2, 0.25) is 28.5 Å². The predicted octanol–water partition coefficient (Wildman–Crippen LogP) is 34.0. The number of hydrogen-bond acceptors (Lipinski definition) is 8. The summed E-state index contributed by atoms with van der Waals surface area (Å²) in [6.07, 6.45) is 14.0. The van der Waals surface area contributed by atoms with Crippen molar-refractivity contribution in [2.24, 2.45) is 35.2 Å². The van der Waals surface area contributed by atoms with Crippen LogP contribution in [0, 0.1) is 55.2 Å². The molecule has 0 saturated carbocycles. The summed E-state index contributed by atoms with van der Waals surface area (Å²) in [6, 6.07) is 108. The smallest absolute Gasteiger partial charge is 0.222 e. The molecule has 0 aliphatic rings. The van der Waals surface area contributed by atoms with E-state index in [1.807, 2.05) is 127 Å². The Labute approximate surface area is 848 Å². The zero-order chi connectivity index (χ0) is 98.9. The number of fused-ring (bicyclic) bond motifs is 24. The van der Waals surface area contributed by atoms with Gasteiger partial charge in [-0.3, -0.25) is 9.97 Å². The number of para-hydroxylation sites is 1. The van der Waals surface area contributed by atoms with Gasteiger partial charge in [-0.2, -0.15) is 0 Å². The largest absolute Gasteiger partial charge is 0.255 e. The maximum atomic E-state index is 8.13. The molecule has 0 amide bonds. The lowest BCUT2D eigenvalue weighted by Gasteiger charge is -2.08. The first-order valence-electron chi connectivity index (χ1n) is 49.3. The van der Waals surface area contributed by atoms with Gasteiger partial charge in [-0.1, -0.05) is 273 Å². The van der Waals surface area contributed by atoms with Crippen LogP contribution in [0.3, 0.4) is 0 Å². The van der Waals surface area contributed by atoms with Crippen LogP contribution in [0.1, 0.15) is 94.0 Å². The molecular formula is C126H117N8S5+5. The summed E-state index contributed by atoms with van der Waals surface area (Å²) >= 11 is 8.79. The number of aromatic nitrogens is 8. The van der Waals surface area contributed by atoms with Gasteiger partial charge in [-0.25, -0.2) is 27.8 Å². The van der Waals surface area contributed by atoms with Crippen LogP contribution in [-0.4, -0.2) is 15.0 Å². The summed E-state index contributed by atoms with van der Waals surface area (Å²) in [5.74, 6) is 0. The van der Waals surface area contributed by atoms with Crippen LogP contribution < -0.4 is 22.8 Å². The Bertz CT molecular complexity index is 9470. The molecule has 686 valence electrons. The molecule has 0 unspecified atom stereocenters. The van der Waals surface area contributed by atoms with Gasteiger partial charge >= 0.3 is 0 Å². The minimum atomic E-state index is -2.28. The molecule has 0 aliphatic heterocycles. The van der Waals surface area contributed by atoms with E-state index < -0.39 is 20.6 Å². The van der Waals surface area contributed by atoms with Gasteiger partial charge in [0.25, 0.3) is 0 Å². The maximum Gasteiger partial charge on any atom is 0.222 e. The third-order valence-corrected chi connectivity index (χ3v) is 32.1. The van der Waals surface area contributed by atoms with E-state index in [-0.39, 0.29) is 48.3 Å². The van der Waals surface area contributed by atoms with E-state index >= 15 is 0 Å². The normalized spacial score (nSPS) is 12.4. The SMILES string of the molecule is C.C.C.C.C.Cc1ccccc1-c1c2c(cc[n+]1C)sc1c2ccc2cccnc21.Cc1ccccc1-c1c2c(cc[n+]1C)sc1c3cc(-c4ccccc4)ccc3ccc12.Cc1ccccc1-c1c2c(cc[n+]1C)sc1c3ccccc3ccc12.[2H]C([2H])([2H])c1ccc(-c2c3c(cc[n+]2C)sc2c3ccc3cccnc32)c(C)c1.[2H]C([2H])([2H])c1ccc(-c2c3c(sc4nc5ccccc5cc43)c(C([2H])([2H])[2H])c[n+]2C)c(C)c1. The van der Waals surface area contributed by atoms with Gasteiger partial charge < -0.3 is 0 Å². The highest BCUT2D eigenvalue weighted by Gasteiger charge is 2.30. The monoisotopic (exact) mass is 1910 g/mol. The zero-order valence-corrected chi connectivity index (χ0v) is 79.7. The van der Waals surface area contributed by atoms with Crippen LogP contribution in [0.5, 0.6) is 0 Å². The second kappa shape index (κ2) is 39.5. The van der Waals surface area contributed by atoms with Crippen molar-refractivity contribution >= 4 is 212 Å². The molecule has 13 aromatic heterocycles. The maximum absolute atomic E-state index is 8.13. The van der Waals surface area contributed by atoms with Crippen LogP contribution in [0.15, 0.2) is 353 Å². The van der Waals surface area contributed by atoms with Crippen molar-refractivity contribution in [3.05, 3.63) is 397 Å². The van der Waals surface area contributed by atoms with Crippen LogP contribution in [0.2, 0.25) is 0 Å². The fraction of sp³-hybridized carbons (Fsp3) is 0.143. The van der Waals surface area contributed by atoms with Gasteiger partial charge in [-0.15, -0.1) is 56.7 Å². The topological polar surface area (TPSA) is 58.1 Å². The summed E-state index contributed by atoms with van der Waals surface area (Å²) in [4.78, 5) is 14.9. The van der Waals surface area contributed by atoms with Crippen molar-refractivity contribution in [3.63, 3.8) is 0 Å². The number of nitrogens with zero attached hydrogens (tertiary/aromatic N) is 8. The molecule has 13 aromatic carbocycles. The van der Waals surface area contributed by atoms with E-state index in [1.54, 1.807) is 41.8 Å². The molecule has 0 saturated heterocycles. The van der Waals surface area contributed by atoms with E-state index in [1.165, 1.54) is 181 Å². The Morgan fingerprint density at radius 2 is 0.633 bits per heavy atom. The van der Waals surface area contributed by atoms with Crippen molar-refractivity contribution in [2.75, 3.05) is 0 Å². The fourth-order valence-corrected chi connectivity index (χ4v) is 25.6. The average Bonchev–Trinajstić information content (AvgIpc) is 1.52. The number of benzene rings is 13. The highest BCUT2D eigenvalue weighted by molar-refractivity contribution is 7.28. The van der Waals surface area contributed by atoms with E-state index in [0.717, 1.165) is 76.6 Å². The summed E-state index contributed by atoms with van der Waals surface area (Å²) in [7, 11) is 10.3. The first-order valence-corrected chi connectivity index (χ1v) is 48.8. The second-order valence-electron chi connectivity index (χ2n) is 34.8. The van der Waals surface area contributed by atoms with Crippen molar-refractivity contribution < 1.29 is 35.2 Å². The molecular weight excluding hydrogens is 1790 g/mol. The minimum absolute atomic E-state index is 0. The number of aryl methyl sites for hydroxylation is 13. The third kappa shape index (κ3) is 17.2. The van der Waals surface area contributed by atoms with E-state index in [4.69, 9.17) is 17.3 Å². The zero-order valence-electron chi connectivity index (χ0n) is 84.6. The van der Waals surface area contributed by atoms with Gasteiger partial charge in [0, 0.05) is 159 Å². The quantitative estimate of drug-likeness (QED) is 0.156. The predicted molar refractivity (Wildman–Crippen MR) is 608 cm³/mol. The van der Waals surface area contributed by atoms with Crippen LogP contribution in [0.25, 0.3) is 223 Å². The van der Waals surface area contributed by atoms with Crippen LogP contribution in [0.4, 0.5) is 0 Å². The van der Waals surface area contributed by atoms with Crippen molar-refractivity contribution in [2.45, 2.75) is 92.3 Å². The first-order chi connectivity index (χ1) is 69.0. The van der Waals surface area contributed by atoms with Crippen molar-refractivity contribution in [1.82, 2.24) is 15.0 Å². The number of thiophene rings is 5.